The van der Waals surface area contributed by atoms with Crippen LogP contribution in [0.25, 0.3) is 0 Å². The molecule has 2 rings (SSSR count). The van der Waals surface area contributed by atoms with E-state index >= 15 is 0 Å². The van der Waals surface area contributed by atoms with Crippen LogP contribution in [0, 0.1) is 11.8 Å². The number of carbonyl (C=O) groups is 3. The number of carboxylic acid groups (broad SMARTS) is 1. The second-order valence-electron chi connectivity index (χ2n) is 5.94. The van der Waals surface area contributed by atoms with Gasteiger partial charge in [0.1, 0.15) is 5.54 Å². The second kappa shape index (κ2) is 5.91. The smallest absolute Gasteiger partial charge is 0.408 e. The van der Waals surface area contributed by atoms with Crippen LogP contribution in [0.1, 0.15) is 37.6 Å². The van der Waals surface area contributed by atoms with Gasteiger partial charge in [0.25, 0.3) is 0 Å². The van der Waals surface area contributed by atoms with E-state index in [1.54, 1.807) is 45.0 Å². The van der Waals surface area contributed by atoms with Crippen LogP contribution in [0.4, 0.5) is 4.79 Å². The molecule has 1 saturated heterocycles. The summed E-state index contributed by atoms with van der Waals surface area (Å²) < 4.78 is 0. The van der Waals surface area contributed by atoms with Gasteiger partial charge in [-0.2, -0.15) is 0 Å². The molecule has 118 valence electrons. The Morgan fingerprint density at radius 1 is 1.27 bits per heavy atom. The molecule has 1 aromatic rings. The van der Waals surface area contributed by atoms with Crippen molar-refractivity contribution in [3.05, 3.63) is 35.9 Å². The predicted octanol–water partition coefficient (Wildman–Crippen LogP) is 2.85. The lowest BCUT2D eigenvalue weighted by atomic mass is 9.76. The molecule has 1 aliphatic rings. The first-order chi connectivity index (χ1) is 10.3. The van der Waals surface area contributed by atoms with Crippen molar-refractivity contribution in [2.45, 2.75) is 32.7 Å². The Morgan fingerprint density at radius 2 is 1.86 bits per heavy atom. The van der Waals surface area contributed by atoms with E-state index in [2.05, 4.69) is 0 Å². The van der Waals surface area contributed by atoms with E-state index in [1.165, 1.54) is 0 Å². The minimum absolute atomic E-state index is 0.0620. The highest BCUT2D eigenvalue weighted by Crippen LogP contribution is 2.41. The number of benzene rings is 1. The van der Waals surface area contributed by atoms with Gasteiger partial charge in [0.15, 0.2) is 11.6 Å². The Balaban J connectivity index is 2.39. The van der Waals surface area contributed by atoms with Crippen molar-refractivity contribution < 1.29 is 19.5 Å². The lowest BCUT2D eigenvalue weighted by Gasteiger charge is -2.35. The van der Waals surface area contributed by atoms with Gasteiger partial charge in [-0.05, 0) is 12.8 Å². The van der Waals surface area contributed by atoms with Crippen molar-refractivity contribution in [3.63, 3.8) is 0 Å². The van der Waals surface area contributed by atoms with Crippen molar-refractivity contribution in [2.75, 3.05) is 6.54 Å². The largest absolute Gasteiger partial charge is 0.465 e. The molecule has 1 aliphatic heterocycles. The lowest BCUT2D eigenvalue weighted by Crippen LogP contribution is -2.53. The molecular formula is C17H21NO4. The van der Waals surface area contributed by atoms with Crippen LogP contribution >= 0.6 is 0 Å². The molecule has 0 aliphatic carbocycles. The minimum Gasteiger partial charge on any atom is -0.465 e. The third-order valence-corrected chi connectivity index (χ3v) is 4.94. The molecule has 5 nitrogen and oxygen atoms in total. The number of carbonyl (C=O) groups excluding carboxylic acids is 2. The topological polar surface area (TPSA) is 74.7 Å². The Bertz CT molecular complexity index is 598. The molecule has 1 heterocycles. The average Bonchev–Trinajstić information content (AvgIpc) is 2.80. The highest BCUT2D eigenvalue weighted by atomic mass is 16.4. The molecule has 0 spiro atoms. The van der Waals surface area contributed by atoms with E-state index in [9.17, 15) is 19.5 Å². The standard InChI is InChI=1S/C17H21NO4/c1-4-14(19)17(3)11(2)13(10-18(17)16(21)22)15(20)12-8-6-5-7-9-12/h5-9,11,13H,4,10H2,1-3H3,(H,21,22)/t11?,13?,17-/m1/s1. The molecule has 0 radical (unpaired) electrons. The van der Waals surface area contributed by atoms with E-state index in [4.69, 9.17) is 0 Å². The molecule has 0 saturated carbocycles. The molecule has 2 unspecified atom stereocenters. The fourth-order valence-electron chi connectivity index (χ4n) is 3.35. The summed E-state index contributed by atoms with van der Waals surface area (Å²) in [4.78, 5) is 37.7. The fraction of sp³-hybridized carbons (Fsp3) is 0.471. The maximum Gasteiger partial charge on any atom is 0.408 e. The van der Waals surface area contributed by atoms with Gasteiger partial charge >= 0.3 is 6.09 Å². The number of hydrogen-bond acceptors (Lipinski definition) is 3. The highest BCUT2D eigenvalue weighted by Gasteiger charge is 2.56. The third-order valence-electron chi connectivity index (χ3n) is 4.94. The number of hydrogen-bond donors (Lipinski definition) is 1. The van der Waals surface area contributed by atoms with Crippen molar-refractivity contribution in [1.82, 2.24) is 4.90 Å². The van der Waals surface area contributed by atoms with Crippen molar-refractivity contribution in [3.8, 4) is 0 Å². The van der Waals surface area contributed by atoms with E-state index < -0.39 is 17.6 Å². The van der Waals surface area contributed by atoms with Gasteiger partial charge in [-0.25, -0.2) is 4.79 Å². The fourth-order valence-corrected chi connectivity index (χ4v) is 3.35. The first kappa shape index (κ1) is 16.2. The van der Waals surface area contributed by atoms with Crippen LogP contribution in [0.15, 0.2) is 30.3 Å². The number of rotatable bonds is 4. The second-order valence-corrected chi connectivity index (χ2v) is 5.94. The molecule has 1 fully saturated rings. The van der Waals surface area contributed by atoms with Gasteiger partial charge in [-0.3, -0.25) is 14.5 Å². The molecule has 0 bridgehead atoms. The zero-order valence-electron chi connectivity index (χ0n) is 13.1. The first-order valence-corrected chi connectivity index (χ1v) is 7.47. The Hall–Kier alpha value is -2.17. The van der Waals surface area contributed by atoms with Gasteiger partial charge in [0.05, 0.1) is 0 Å². The number of nitrogens with zero attached hydrogens (tertiary/aromatic N) is 1. The summed E-state index contributed by atoms with van der Waals surface area (Å²) in [5.74, 6) is -1.11. The van der Waals surface area contributed by atoms with E-state index in [0.29, 0.717) is 5.56 Å². The van der Waals surface area contributed by atoms with Gasteiger partial charge in [0.2, 0.25) is 0 Å². The molecular weight excluding hydrogens is 282 g/mol. The number of ketones is 2. The number of Topliss-reactive ketones (excluding diaryl/α,β-unsaturated/α-hetero) is 2. The molecule has 0 aromatic heterocycles. The van der Waals surface area contributed by atoms with E-state index in [-0.39, 0.29) is 30.4 Å². The highest BCUT2D eigenvalue weighted by molar-refractivity contribution is 6.01. The summed E-state index contributed by atoms with van der Waals surface area (Å²) in [7, 11) is 0. The van der Waals surface area contributed by atoms with Crippen LogP contribution in [-0.4, -0.2) is 39.7 Å². The summed E-state index contributed by atoms with van der Waals surface area (Å²) in [5, 5.41) is 9.44. The maximum atomic E-state index is 12.7. The normalized spacial score (nSPS) is 27.7. The zero-order chi connectivity index (χ0) is 16.5. The van der Waals surface area contributed by atoms with Crippen LogP contribution in [-0.2, 0) is 4.79 Å². The van der Waals surface area contributed by atoms with Gasteiger partial charge in [-0.15, -0.1) is 0 Å². The Kier molecular flexibility index (Phi) is 4.35. The van der Waals surface area contributed by atoms with Crippen LogP contribution < -0.4 is 0 Å². The van der Waals surface area contributed by atoms with Crippen molar-refractivity contribution >= 4 is 17.7 Å². The van der Waals surface area contributed by atoms with Gasteiger partial charge < -0.3 is 5.11 Å². The van der Waals surface area contributed by atoms with E-state index in [1.807, 2.05) is 6.07 Å². The Labute approximate surface area is 129 Å². The monoisotopic (exact) mass is 303 g/mol. The van der Waals surface area contributed by atoms with Crippen molar-refractivity contribution in [1.29, 1.82) is 0 Å². The lowest BCUT2D eigenvalue weighted by molar-refractivity contribution is -0.129. The maximum absolute atomic E-state index is 12.7. The molecule has 1 amide bonds. The van der Waals surface area contributed by atoms with Gasteiger partial charge in [-0.1, -0.05) is 44.2 Å². The van der Waals surface area contributed by atoms with Crippen LogP contribution in [0.2, 0.25) is 0 Å². The number of amides is 1. The first-order valence-electron chi connectivity index (χ1n) is 7.47. The van der Waals surface area contributed by atoms with Gasteiger partial charge in [0, 0.05) is 24.4 Å². The molecule has 1 aromatic carbocycles. The number of likely N-dealkylation sites (tertiary alicyclic amines) is 1. The summed E-state index contributed by atoms with van der Waals surface area (Å²) in [6.45, 7) is 5.21. The quantitative estimate of drug-likeness (QED) is 0.868. The average molecular weight is 303 g/mol. The predicted molar refractivity (Wildman–Crippen MR) is 81.9 cm³/mol. The third kappa shape index (κ3) is 2.40. The zero-order valence-corrected chi connectivity index (χ0v) is 13.1. The van der Waals surface area contributed by atoms with Crippen LogP contribution in [0.3, 0.4) is 0 Å². The summed E-state index contributed by atoms with van der Waals surface area (Å²) in [5.41, 5.74) is -0.590. The summed E-state index contributed by atoms with van der Waals surface area (Å²) in [6, 6.07) is 8.81. The Morgan fingerprint density at radius 3 is 2.36 bits per heavy atom. The van der Waals surface area contributed by atoms with Crippen LogP contribution in [0.5, 0.6) is 0 Å². The van der Waals surface area contributed by atoms with E-state index in [0.717, 1.165) is 4.90 Å². The molecule has 1 N–H and O–H groups in total. The van der Waals surface area contributed by atoms with Crippen molar-refractivity contribution in [2.24, 2.45) is 11.8 Å². The minimum atomic E-state index is -1.15. The SMILES string of the molecule is CCC(=O)[C@@]1(C)C(C)C(C(=O)c2ccccc2)CN1C(=O)O. The summed E-state index contributed by atoms with van der Waals surface area (Å²) in [6.07, 6.45) is -0.906. The molecule has 5 heteroatoms. The summed E-state index contributed by atoms with van der Waals surface area (Å²) >= 11 is 0. The molecule has 22 heavy (non-hydrogen) atoms. The molecule has 3 atom stereocenters.